The Bertz CT molecular complexity index is 526. The number of benzene rings is 1. The summed E-state index contributed by atoms with van der Waals surface area (Å²) in [6.45, 7) is 8.59. The van der Waals surface area contributed by atoms with Crippen LogP contribution in [0.2, 0.25) is 0 Å². The number of hydrogen-bond acceptors (Lipinski definition) is 2. The van der Waals surface area contributed by atoms with Crippen molar-refractivity contribution in [1.82, 2.24) is 4.98 Å². The minimum Gasteiger partial charge on any atom is -0.248 e. The van der Waals surface area contributed by atoms with E-state index < -0.39 is 0 Å². The van der Waals surface area contributed by atoms with Crippen LogP contribution in [-0.2, 0) is 5.41 Å². The minimum atomic E-state index is -0.198. The minimum absolute atomic E-state index is 0.175. The third-order valence-corrected chi connectivity index (χ3v) is 4.81. The number of thiazole rings is 1. The van der Waals surface area contributed by atoms with E-state index in [-0.39, 0.29) is 11.2 Å². The predicted octanol–water partition coefficient (Wildman–Crippen LogP) is 4.73. The molecule has 0 saturated heterocycles. The third-order valence-electron chi connectivity index (χ3n) is 3.19. The normalized spacial score (nSPS) is 12.1. The number of aromatic nitrogens is 1. The molecule has 0 aliphatic heterocycles. The van der Waals surface area contributed by atoms with E-state index in [1.54, 1.807) is 11.3 Å². The smallest absolute Gasteiger partial charge is 0.123 e. The van der Waals surface area contributed by atoms with Gasteiger partial charge in [-0.2, -0.15) is 0 Å². The van der Waals surface area contributed by atoms with Gasteiger partial charge in [0, 0.05) is 16.5 Å². The van der Waals surface area contributed by atoms with Crippen molar-refractivity contribution < 1.29 is 4.39 Å². The van der Waals surface area contributed by atoms with E-state index in [0.29, 0.717) is 5.92 Å². The summed E-state index contributed by atoms with van der Waals surface area (Å²) in [4.78, 5) is 5.82. The lowest BCUT2D eigenvalue weighted by Gasteiger charge is -2.22. The van der Waals surface area contributed by atoms with Crippen molar-refractivity contribution in [3.8, 4) is 0 Å². The zero-order chi connectivity index (χ0) is 13.3. The highest BCUT2D eigenvalue weighted by Gasteiger charge is 2.27. The van der Waals surface area contributed by atoms with Gasteiger partial charge in [0.25, 0.3) is 0 Å². The van der Waals surface area contributed by atoms with Gasteiger partial charge in [-0.1, -0.05) is 26.0 Å². The zero-order valence-electron chi connectivity index (χ0n) is 11.2. The molecule has 0 spiro atoms. The standard InChI is InChI=1S/C15H18FNS/c1-10(2)13-9-17-14(18-13)15(3,4)11-5-7-12(16)8-6-11/h5-10H,1-4H3. The molecule has 0 saturated carbocycles. The van der Waals surface area contributed by atoms with Crippen LogP contribution >= 0.6 is 11.3 Å². The van der Waals surface area contributed by atoms with Crippen molar-refractivity contribution in [2.75, 3.05) is 0 Å². The molecular formula is C15H18FNS. The van der Waals surface area contributed by atoms with E-state index in [2.05, 4.69) is 32.7 Å². The molecule has 0 atom stereocenters. The molecule has 0 radical (unpaired) electrons. The number of rotatable bonds is 3. The Kier molecular flexibility index (Phi) is 3.53. The van der Waals surface area contributed by atoms with Crippen molar-refractivity contribution in [1.29, 1.82) is 0 Å². The van der Waals surface area contributed by atoms with Crippen molar-refractivity contribution in [3.05, 3.63) is 51.7 Å². The molecule has 1 aromatic carbocycles. The summed E-state index contributed by atoms with van der Waals surface area (Å²) in [6, 6.07) is 6.69. The fourth-order valence-corrected chi connectivity index (χ4v) is 2.88. The summed E-state index contributed by atoms with van der Waals surface area (Å²) in [7, 11) is 0. The lowest BCUT2D eigenvalue weighted by molar-refractivity contribution is 0.612. The van der Waals surface area contributed by atoms with Crippen LogP contribution in [0, 0.1) is 5.82 Å². The van der Waals surface area contributed by atoms with Gasteiger partial charge in [0.15, 0.2) is 0 Å². The van der Waals surface area contributed by atoms with Gasteiger partial charge in [0.1, 0.15) is 10.8 Å². The Morgan fingerprint density at radius 3 is 2.28 bits per heavy atom. The quantitative estimate of drug-likeness (QED) is 0.780. The van der Waals surface area contributed by atoms with Gasteiger partial charge in [-0.05, 0) is 37.5 Å². The Morgan fingerprint density at radius 1 is 1.17 bits per heavy atom. The van der Waals surface area contributed by atoms with Crippen LogP contribution in [0.5, 0.6) is 0 Å². The number of nitrogens with zero attached hydrogens (tertiary/aromatic N) is 1. The first-order valence-corrected chi connectivity index (χ1v) is 6.95. The van der Waals surface area contributed by atoms with Crippen LogP contribution < -0.4 is 0 Å². The maximum absolute atomic E-state index is 13.0. The first kappa shape index (κ1) is 13.2. The Hall–Kier alpha value is -1.22. The van der Waals surface area contributed by atoms with Crippen LogP contribution in [0.1, 0.15) is 49.1 Å². The molecule has 0 N–H and O–H groups in total. The average molecular weight is 263 g/mol. The first-order valence-electron chi connectivity index (χ1n) is 6.13. The number of hydrogen-bond donors (Lipinski definition) is 0. The van der Waals surface area contributed by atoms with Crippen LogP contribution in [0.3, 0.4) is 0 Å². The maximum atomic E-state index is 13.0. The van der Waals surface area contributed by atoms with E-state index in [1.165, 1.54) is 17.0 Å². The van der Waals surface area contributed by atoms with Crippen LogP contribution in [-0.4, -0.2) is 4.98 Å². The summed E-state index contributed by atoms with van der Waals surface area (Å²) in [6.07, 6.45) is 1.95. The molecule has 0 amide bonds. The Morgan fingerprint density at radius 2 is 1.78 bits per heavy atom. The lowest BCUT2D eigenvalue weighted by atomic mass is 9.85. The second-order valence-electron chi connectivity index (χ2n) is 5.35. The van der Waals surface area contributed by atoms with Gasteiger partial charge in [0.05, 0.1) is 0 Å². The van der Waals surface area contributed by atoms with Crippen molar-refractivity contribution in [2.24, 2.45) is 0 Å². The molecule has 0 aliphatic rings. The van der Waals surface area contributed by atoms with E-state index in [9.17, 15) is 4.39 Å². The van der Waals surface area contributed by atoms with Gasteiger partial charge < -0.3 is 0 Å². The molecule has 0 unspecified atom stereocenters. The van der Waals surface area contributed by atoms with E-state index in [4.69, 9.17) is 0 Å². The van der Waals surface area contributed by atoms with Crippen LogP contribution in [0.15, 0.2) is 30.5 Å². The van der Waals surface area contributed by atoms with E-state index >= 15 is 0 Å². The zero-order valence-corrected chi connectivity index (χ0v) is 12.0. The van der Waals surface area contributed by atoms with Gasteiger partial charge in [-0.3, -0.25) is 0 Å². The van der Waals surface area contributed by atoms with E-state index in [0.717, 1.165) is 10.6 Å². The SMILES string of the molecule is CC(C)c1cnc(C(C)(C)c2ccc(F)cc2)s1. The second-order valence-corrected chi connectivity index (χ2v) is 6.42. The Balaban J connectivity index is 2.37. The molecule has 0 bridgehead atoms. The van der Waals surface area contributed by atoms with E-state index in [1.807, 2.05) is 18.3 Å². The monoisotopic (exact) mass is 263 g/mol. The molecule has 2 aromatic rings. The summed E-state index contributed by atoms with van der Waals surface area (Å²) < 4.78 is 13.0. The summed E-state index contributed by atoms with van der Waals surface area (Å²) in [5.41, 5.74) is 0.916. The van der Waals surface area contributed by atoms with Crippen molar-refractivity contribution >= 4 is 11.3 Å². The summed E-state index contributed by atoms with van der Waals surface area (Å²) in [5.74, 6) is 0.303. The number of halogens is 1. The van der Waals surface area contributed by atoms with Crippen LogP contribution in [0.25, 0.3) is 0 Å². The summed E-state index contributed by atoms with van der Waals surface area (Å²) in [5, 5.41) is 1.08. The Labute approximate surface area is 112 Å². The molecule has 1 aromatic heterocycles. The van der Waals surface area contributed by atoms with Gasteiger partial charge in [-0.25, -0.2) is 9.37 Å². The summed E-state index contributed by atoms with van der Waals surface area (Å²) >= 11 is 1.74. The molecule has 2 rings (SSSR count). The topological polar surface area (TPSA) is 12.9 Å². The predicted molar refractivity (Wildman–Crippen MR) is 74.7 cm³/mol. The highest BCUT2D eigenvalue weighted by atomic mass is 32.1. The molecule has 96 valence electrons. The highest BCUT2D eigenvalue weighted by Crippen LogP contribution is 2.35. The lowest BCUT2D eigenvalue weighted by Crippen LogP contribution is -2.18. The van der Waals surface area contributed by atoms with Crippen LogP contribution in [0.4, 0.5) is 4.39 Å². The second kappa shape index (κ2) is 4.81. The molecule has 0 aliphatic carbocycles. The molecular weight excluding hydrogens is 245 g/mol. The highest BCUT2D eigenvalue weighted by molar-refractivity contribution is 7.11. The fraction of sp³-hybridized carbons (Fsp3) is 0.400. The molecule has 1 nitrogen and oxygen atoms in total. The van der Waals surface area contributed by atoms with Gasteiger partial charge in [0.2, 0.25) is 0 Å². The molecule has 18 heavy (non-hydrogen) atoms. The molecule has 0 fully saturated rings. The van der Waals surface area contributed by atoms with Crippen molar-refractivity contribution in [3.63, 3.8) is 0 Å². The average Bonchev–Trinajstić information content (AvgIpc) is 2.79. The molecule has 3 heteroatoms. The maximum Gasteiger partial charge on any atom is 0.123 e. The largest absolute Gasteiger partial charge is 0.248 e. The fourth-order valence-electron chi connectivity index (χ4n) is 1.83. The first-order chi connectivity index (χ1) is 8.41. The van der Waals surface area contributed by atoms with Crippen molar-refractivity contribution in [2.45, 2.75) is 39.0 Å². The van der Waals surface area contributed by atoms with Gasteiger partial charge in [-0.15, -0.1) is 11.3 Å². The van der Waals surface area contributed by atoms with Gasteiger partial charge >= 0.3 is 0 Å². The molecule has 1 heterocycles. The third kappa shape index (κ3) is 2.46.